The monoisotopic (exact) mass is 310 g/mol. The van der Waals surface area contributed by atoms with Crippen LogP contribution in [0.4, 0.5) is 13.2 Å². The van der Waals surface area contributed by atoms with E-state index in [4.69, 9.17) is 4.74 Å². The molecule has 0 atom stereocenters. The van der Waals surface area contributed by atoms with Crippen molar-refractivity contribution < 1.29 is 27.4 Å². The van der Waals surface area contributed by atoms with Gasteiger partial charge in [-0.05, 0) is 6.42 Å². The second-order valence-corrected chi connectivity index (χ2v) is 4.80. The van der Waals surface area contributed by atoms with Gasteiger partial charge in [0.2, 0.25) is 0 Å². The van der Waals surface area contributed by atoms with Gasteiger partial charge in [0, 0.05) is 6.61 Å². The minimum atomic E-state index is -2.67. The maximum Gasteiger partial charge on any atom is 0.372 e. The van der Waals surface area contributed by atoms with E-state index in [0.29, 0.717) is 6.61 Å². The van der Waals surface area contributed by atoms with Gasteiger partial charge in [-0.3, -0.25) is 0 Å². The molecule has 0 bridgehead atoms. The van der Waals surface area contributed by atoms with Crippen molar-refractivity contribution in [3.63, 3.8) is 0 Å². The highest BCUT2D eigenvalue weighted by Gasteiger charge is 2.16. The van der Waals surface area contributed by atoms with E-state index in [1.807, 2.05) is 0 Å². The van der Waals surface area contributed by atoms with E-state index in [2.05, 4.69) is 11.7 Å². The highest BCUT2D eigenvalue weighted by atomic mass is 19.3. The second-order valence-electron chi connectivity index (χ2n) is 4.80. The summed E-state index contributed by atoms with van der Waals surface area (Å²) < 4.78 is 45.2. The first kappa shape index (κ1) is 20.0. The van der Waals surface area contributed by atoms with Gasteiger partial charge in [0.05, 0.1) is 6.61 Å². The Kier molecular flexibility index (Phi) is 13.2. The summed E-state index contributed by atoms with van der Waals surface area (Å²) in [5.41, 5.74) is 0. The Bertz CT molecular complexity index is 303. The van der Waals surface area contributed by atoms with E-state index in [1.165, 1.54) is 38.5 Å². The van der Waals surface area contributed by atoms with Gasteiger partial charge in [0.25, 0.3) is 5.83 Å². The fourth-order valence-corrected chi connectivity index (χ4v) is 1.77. The number of ether oxygens (including phenoxy) is 2. The van der Waals surface area contributed by atoms with Crippen LogP contribution in [0.5, 0.6) is 0 Å². The van der Waals surface area contributed by atoms with Crippen molar-refractivity contribution in [2.45, 2.75) is 58.3 Å². The molecule has 0 amide bonds. The standard InChI is InChI=1S/C15H25F3O3/c1-2-3-4-5-6-7-8-9-10-20-11-12-21-15(19)13(16)14(17)18/h2-12H2,1H3. The molecular formula is C15H25F3O3. The van der Waals surface area contributed by atoms with Crippen molar-refractivity contribution in [1.82, 2.24) is 0 Å². The van der Waals surface area contributed by atoms with Crippen LogP contribution in [-0.2, 0) is 14.3 Å². The van der Waals surface area contributed by atoms with E-state index >= 15 is 0 Å². The average Bonchev–Trinajstić information content (AvgIpc) is 2.47. The number of carbonyl (C=O) groups excluding carboxylic acids is 1. The zero-order chi connectivity index (χ0) is 15.9. The predicted molar refractivity (Wildman–Crippen MR) is 74.7 cm³/mol. The van der Waals surface area contributed by atoms with E-state index < -0.39 is 17.9 Å². The van der Waals surface area contributed by atoms with Crippen LogP contribution in [0.1, 0.15) is 58.3 Å². The van der Waals surface area contributed by atoms with Crippen LogP contribution in [0.15, 0.2) is 11.9 Å². The first-order valence-corrected chi connectivity index (χ1v) is 7.55. The minimum absolute atomic E-state index is 0.0867. The van der Waals surface area contributed by atoms with Crippen LogP contribution in [0.2, 0.25) is 0 Å². The van der Waals surface area contributed by atoms with Crippen LogP contribution in [0.25, 0.3) is 0 Å². The SMILES string of the molecule is CCCCCCCCCCOCCOC(=O)C(F)=C(F)F. The summed E-state index contributed by atoms with van der Waals surface area (Å²) in [6.07, 6.45) is 6.84. The predicted octanol–water partition coefficient (Wildman–Crippen LogP) is 4.76. The molecule has 0 aromatic heterocycles. The molecule has 0 N–H and O–H groups in total. The highest BCUT2D eigenvalue weighted by molar-refractivity contribution is 5.86. The Hall–Kier alpha value is -1.04. The number of carbonyl (C=O) groups is 1. The molecule has 124 valence electrons. The van der Waals surface area contributed by atoms with Gasteiger partial charge in [0.15, 0.2) is 0 Å². The molecule has 0 aliphatic heterocycles. The summed E-state index contributed by atoms with van der Waals surface area (Å²) in [7, 11) is 0. The van der Waals surface area contributed by atoms with E-state index in [9.17, 15) is 18.0 Å². The van der Waals surface area contributed by atoms with E-state index in [-0.39, 0.29) is 13.2 Å². The molecule has 21 heavy (non-hydrogen) atoms. The Labute approximate surface area is 124 Å². The number of rotatable bonds is 13. The number of hydrogen-bond acceptors (Lipinski definition) is 3. The molecule has 0 saturated carbocycles. The molecule has 6 heteroatoms. The fourth-order valence-electron chi connectivity index (χ4n) is 1.77. The number of halogens is 3. The van der Waals surface area contributed by atoms with Crippen LogP contribution in [-0.4, -0.2) is 25.8 Å². The molecule has 0 aromatic carbocycles. The summed E-state index contributed by atoms with van der Waals surface area (Å²) in [6.45, 7) is 2.58. The molecule has 0 radical (unpaired) electrons. The zero-order valence-corrected chi connectivity index (χ0v) is 12.6. The molecule has 0 saturated heterocycles. The Balaban J connectivity index is 3.26. The lowest BCUT2D eigenvalue weighted by atomic mass is 10.1. The number of unbranched alkanes of at least 4 members (excludes halogenated alkanes) is 7. The van der Waals surface area contributed by atoms with Crippen molar-refractivity contribution in [1.29, 1.82) is 0 Å². The van der Waals surface area contributed by atoms with Gasteiger partial charge in [0.1, 0.15) is 6.61 Å². The second kappa shape index (κ2) is 13.9. The molecule has 0 aromatic rings. The van der Waals surface area contributed by atoms with Gasteiger partial charge < -0.3 is 9.47 Å². The highest BCUT2D eigenvalue weighted by Crippen LogP contribution is 2.10. The summed E-state index contributed by atoms with van der Waals surface area (Å²) in [4.78, 5) is 10.7. The number of hydrogen-bond donors (Lipinski definition) is 0. The first-order valence-electron chi connectivity index (χ1n) is 7.55. The Morgan fingerprint density at radius 2 is 1.38 bits per heavy atom. The first-order chi connectivity index (χ1) is 10.1. The summed E-state index contributed by atoms with van der Waals surface area (Å²) >= 11 is 0. The topological polar surface area (TPSA) is 35.5 Å². The summed E-state index contributed by atoms with van der Waals surface area (Å²) in [5, 5.41) is 0. The quantitative estimate of drug-likeness (QED) is 0.279. The molecule has 0 fully saturated rings. The third kappa shape index (κ3) is 12.4. The van der Waals surface area contributed by atoms with Gasteiger partial charge >= 0.3 is 12.0 Å². The Morgan fingerprint density at radius 3 is 1.95 bits per heavy atom. The summed E-state index contributed by atoms with van der Waals surface area (Å²) in [5.74, 6) is -3.79. The minimum Gasteiger partial charge on any atom is -0.458 e. The molecule has 0 unspecified atom stereocenters. The van der Waals surface area contributed by atoms with Crippen molar-refractivity contribution >= 4 is 5.97 Å². The van der Waals surface area contributed by atoms with Crippen molar-refractivity contribution in [2.24, 2.45) is 0 Å². The molecule has 0 aliphatic carbocycles. The molecule has 0 rings (SSSR count). The maximum atomic E-state index is 12.4. The third-order valence-electron chi connectivity index (χ3n) is 2.95. The van der Waals surface area contributed by atoms with E-state index in [0.717, 1.165) is 12.8 Å². The Morgan fingerprint density at radius 1 is 0.810 bits per heavy atom. The van der Waals surface area contributed by atoms with Crippen LogP contribution in [0, 0.1) is 0 Å². The third-order valence-corrected chi connectivity index (χ3v) is 2.95. The normalized spacial score (nSPS) is 10.5. The average molecular weight is 310 g/mol. The van der Waals surface area contributed by atoms with Gasteiger partial charge in [-0.1, -0.05) is 51.9 Å². The largest absolute Gasteiger partial charge is 0.458 e. The zero-order valence-electron chi connectivity index (χ0n) is 12.6. The lowest BCUT2D eigenvalue weighted by Crippen LogP contribution is -2.11. The van der Waals surface area contributed by atoms with Crippen LogP contribution < -0.4 is 0 Å². The van der Waals surface area contributed by atoms with Gasteiger partial charge in [-0.15, -0.1) is 0 Å². The van der Waals surface area contributed by atoms with Crippen LogP contribution >= 0.6 is 0 Å². The van der Waals surface area contributed by atoms with Crippen LogP contribution in [0.3, 0.4) is 0 Å². The van der Waals surface area contributed by atoms with Crippen molar-refractivity contribution in [3.8, 4) is 0 Å². The molecule has 0 heterocycles. The molecule has 3 nitrogen and oxygen atoms in total. The molecule has 0 spiro atoms. The smallest absolute Gasteiger partial charge is 0.372 e. The fraction of sp³-hybridized carbons (Fsp3) is 0.800. The molecular weight excluding hydrogens is 285 g/mol. The number of esters is 1. The molecule has 0 aliphatic rings. The lowest BCUT2D eigenvalue weighted by Gasteiger charge is -2.05. The van der Waals surface area contributed by atoms with Crippen molar-refractivity contribution in [3.05, 3.63) is 11.9 Å². The lowest BCUT2D eigenvalue weighted by molar-refractivity contribution is -0.142. The van der Waals surface area contributed by atoms with E-state index in [1.54, 1.807) is 0 Å². The maximum absolute atomic E-state index is 12.4. The van der Waals surface area contributed by atoms with Crippen molar-refractivity contribution in [2.75, 3.05) is 19.8 Å². The van der Waals surface area contributed by atoms with Gasteiger partial charge in [-0.25, -0.2) is 4.79 Å². The summed E-state index contributed by atoms with van der Waals surface area (Å²) in [6, 6.07) is 0. The van der Waals surface area contributed by atoms with Gasteiger partial charge in [-0.2, -0.15) is 13.2 Å².